The Kier molecular flexibility index (Phi) is 8.40. The largest absolute Gasteiger partial charge is 0.493 e. The van der Waals surface area contributed by atoms with Gasteiger partial charge in [-0.15, -0.1) is 0 Å². The summed E-state index contributed by atoms with van der Waals surface area (Å²) in [6, 6.07) is 12.5. The minimum Gasteiger partial charge on any atom is -0.493 e. The Morgan fingerprint density at radius 2 is 1.95 bits per heavy atom. The molecule has 0 aliphatic carbocycles. The SMILES string of the molecule is COc1cc(C=Nn2c(C)nc3ccc(Br)cc3c2=O)c(Br)c(Br)c1OCC(=O)Nc1cccc(F)c1. The van der Waals surface area contributed by atoms with E-state index in [1.165, 1.54) is 36.2 Å². The number of aryl methyl sites for hydroxylation is 1. The quantitative estimate of drug-likeness (QED) is 0.238. The molecule has 8 nitrogen and oxygen atoms in total. The highest BCUT2D eigenvalue weighted by Gasteiger charge is 2.18. The number of halogens is 4. The van der Waals surface area contributed by atoms with E-state index >= 15 is 0 Å². The molecule has 4 rings (SSSR count). The first-order valence-corrected chi connectivity index (χ1v) is 13.0. The molecule has 1 N–H and O–H groups in total. The van der Waals surface area contributed by atoms with Crippen molar-refractivity contribution >= 4 is 76.5 Å². The summed E-state index contributed by atoms with van der Waals surface area (Å²) in [6.45, 7) is 1.34. The molecule has 0 unspecified atom stereocenters. The third-order valence-corrected chi connectivity index (χ3v) is 7.75. The minimum atomic E-state index is -0.480. The fourth-order valence-electron chi connectivity index (χ4n) is 3.40. The number of carbonyl (C=O) groups is 1. The zero-order valence-electron chi connectivity index (χ0n) is 19.4. The molecular weight excluding hydrogens is 679 g/mol. The monoisotopic (exact) mass is 694 g/mol. The van der Waals surface area contributed by atoms with Gasteiger partial charge in [-0.25, -0.2) is 9.37 Å². The van der Waals surface area contributed by atoms with Gasteiger partial charge in [-0.1, -0.05) is 22.0 Å². The number of hydrogen-bond donors (Lipinski definition) is 1. The number of rotatable bonds is 7. The van der Waals surface area contributed by atoms with E-state index in [4.69, 9.17) is 9.47 Å². The second-order valence-corrected chi connectivity index (χ2v) is 10.2. The molecule has 0 atom stereocenters. The Bertz CT molecular complexity index is 1610. The van der Waals surface area contributed by atoms with Crippen molar-refractivity contribution in [3.63, 3.8) is 0 Å². The van der Waals surface area contributed by atoms with Crippen LogP contribution in [0.25, 0.3) is 10.9 Å². The maximum absolute atomic E-state index is 13.4. The van der Waals surface area contributed by atoms with Gasteiger partial charge in [0.05, 0.1) is 28.7 Å². The summed E-state index contributed by atoms with van der Waals surface area (Å²) in [4.78, 5) is 29.8. The Labute approximate surface area is 235 Å². The molecule has 0 aliphatic heterocycles. The van der Waals surface area contributed by atoms with Gasteiger partial charge in [0.25, 0.3) is 11.5 Å². The second-order valence-electron chi connectivity index (χ2n) is 7.65. The normalized spacial score (nSPS) is 11.2. The van der Waals surface area contributed by atoms with E-state index in [1.54, 1.807) is 31.2 Å². The number of methoxy groups -OCH3 is 1. The standard InChI is InChI=1S/C25H18Br3FN4O4/c1-13-31-19-7-6-15(26)9-18(19)25(35)33(13)30-11-14-8-20(36-2)24(23(28)22(14)27)37-12-21(34)32-17-5-3-4-16(29)10-17/h3-11H,12H2,1-2H3,(H,32,34). The molecule has 1 amide bonds. The predicted octanol–water partition coefficient (Wildman–Crippen LogP) is 6.04. The molecule has 1 heterocycles. The van der Waals surface area contributed by atoms with Crippen LogP contribution in [-0.2, 0) is 4.79 Å². The van der Waals surface area contributed by atoms with Crippen LogP contribution in [0.4, 0.5) is 10.1 Å². The molecule has 12 heteroatoms. The Morgan fingerprint density at radius 1 is 1.16 bits per heavy atom. The van der Waals surface area contributed by atoms with Crippen LogP contribution in [0.15, 0.2) is 71.8 Å². The van der Waals surface area contributed by atoms with Gasteiger partial charge in [-0.2, -0.15) is 9.78 Å². The van der Waals surface area contributed by atoms with E-state index in [1.807, 2.05) is 6.07 Å². The van der Waals surface area contributed by atoms with Crippen molar-refractivity contribution in [3.05, 3.63) is 89.5 Å². The van der Waals surface area contributed by atoms with Crippen molar-refractivity contribution in [2.75, 3.05) is 19.0 Å². The average molecular weight is 697 g/mol. The van der Waals surface area contributed by atoms with Gasteiger partial charge in [0.1, 0.15) is 11.6 Å². The zero-order chi connectivity index (χ0) is 26.7. The molecule has 3 aromatic carbocycles. The smallest absolute Gasteiger partial charge is 0.282 e. The number of aromatic nitrogens is 2. The van der Waals surface area contributed by atoms with Crippen molar-refractivity contribution < 1.29 is 18.7 Å². The fraction of sp³-hybridized carbons (Fsp3) is 0.120. The Balaban J connectivity index is 1.59. The van der Waals surface area contributed by atoms with Crippen LogP contribution in [-0.4, -0.2) is 35.5 Å². The summed E-state index contributed by atoms with van der Waals surface area (Å²) in [5.74, 6) is 0.0643. The van der Waals surface area contributed by atoms with Gasteiger partial charge in [-0.05, 0) is 81.2 Å². The molecule has 0 aliphatic rings. The minimum absolute atomic E-state index is 0.270. The van der Waals surface area contributed by atoms with E-state index < -0.39 is 11.7 Å². The predicted molar refractivity (Wildman–Crippen MR) is 150 cm³/mol. The van der Waals surface area contributed by atoms with E-state index in [0.29, 0.717) is 42.7 Å². The molecule has 0 bridgehead atoms. The van der Waals surface area contributed by atoms with Crippen molar-refractivity contribution in [2.24, 2.45) is 5.10 Å². The lowest BCUT2D eigenvalue weighted by molar-refractivity contribution is -0.118. The summed E-state index contributed by atoms with van der Waals surface area (Å²) in [6.07, 6.45) is 1.48. The summed E-state index contributed by atoms with van der Waals surface area (Å²) < 4.78 is 27.5. The van der Waals surface area contributed by atoms with E-state index in [0.717, 1.165) is 4.47 Å². The van der Waals surface area contributed by atoms with E-state index in [-0.39, 0.29) is 17.9 Å². The number of ether oxygens (including phenoxy) is 2. The van der Waals surface area contributed by atoms with Gasteiger partial charge in [0.2, 0.25) is 0 Å². The Hall–Kier alpha value is -3.09. The average Bonchev–Trinajstić information content (AvgIpc) is 2.86. The van der Waals surface area contributed by atoms with Crippen LogP contribution in [0.2, 0.25) is 0 Å². The Morgan fingerprint density at radius 3 is 2.68 bits per heavy atom. The summed E-state index contributed by atoms with van der Waals surface area (Å²) in [5.41, 5.74) is 1.14. The summed E-state index contributed by atoms with van der Waals surface area (Å²) in [7, 11) is 1.45. The molecule has 0 saturated heterocycles. The van der Waals surface area contributed by atoms with Gasteiger partial charge >= 0.3 is 0 Å². The summed E-state index contributed by atoms with van der Waals surface area (Å²) >= 11 is 10.3. The molecule has 4 aromatic rings. The number of anilines is 1. The number of fused-ring (bicyclic) bond motifs is 1. The van der Waals surface area contributed by atoms with Crippen LogP contribution < -0.4 is 20.3 Å². The number of carbonyl (C=O) groups excluding carboxylic acids is 1. The number of amides is 1. The second kappa shape index (κ2) is 11.5. The molecule has 0 fully saturated rings. The van der Waals surface area contributed by atoms with Gasteiger partial charge < -0.3 is 14.8 Å². The van der Waals surface area contributed by atoms with Gasteiger partial charge in [0, 0.05) is 20.2 Å². The van der Waals surface area contributed by atoms with Crippen LogP contribution in [0.1, 0.15) is 11.4 Å². The van der Waals surface area contributed by atoms with Gasteiger partial charge in [-0.3, -0.25) is 9.59 Å². The number of benzene rings is 3. The lowest BCUT2D eigenvalue weighted by Gasteiger charge is -2.15. The number of nitrogens with zero attached hydrogens (tertiary/aromatic N) is 3. The molecular formula is C25H18Br3FN4O4. The maximum Gasteiger partial charge on any atom is 0.282 e. The highest BCUT2D eigenvalue weighted by molar-refractivity contribution is 9.13. The van der Waals surface area contributed by atoms with E-state index in [9.17, 15) is 14.0 Å². The van der Waals surface area contributed by atoms with Crippen LogP contribution in [0, 0.1) is 12.7 Å². The zero-order valence-corrected chi connectivity index (χ0v) is 24.1. The van der Waals surface area contributed by atoms with Crippen LogP contribution in [0.5, 0.6) is 11.5 Å². The van der Waals surface area contributed by atoms with Crippen molar-refractivity contribution in [1.29, 1.82) is 0 Å². The molecule has 190 valence electrons. The third-order valence-electron chi connectivity index (χ3n) is 5.11. The fourth-order valence-corrected chi connectivity index (χ4v) is 4.70. The lowest BCUT2D eigenvalue weighted by Crippen LogP contribution is -2.21. The first-order chi connectivity index (χ1) is 17.7. The molecule has 0 saturated carbocycles. The number of nitrogens with one attached hydrogen (secondary N) is 1. The van der Waals surface area contributed by atoms with Gasteiger partial charge in [0.15, 0.2) is 18.1 Å². The first kappa shape index (κ1) is 27.0. The summed E-state index contributed by atoms with van der Waals surface area (Å²) in [5, 5.41) is 7.34. The lowest BCUT2D eigenvalue weighted by atomic mass is 10.2. The topological polar surface area (TPSA) is 94.8 Å². The van der Waals surface area contributed by atoms with Crippen LogP contribution >= 0.6 is 47.8 Å². The van der Waals surface area contributed by atoms with Crippen LogP contribution in [0.3, 0.4) is 0 Å². The molecule has 0 spiro atoms. The maximum atomic E-state index is 13.4. The van der Waals surface area contributed by atoms with Crippen molar-refractivity contribution in [1.82, 2.24) is 9.66 Å². The highest BCUT2D eigenvalue weighted by Crippen LogP contribution is 2.42. The first-order valence-electron chi connectivity index (χ1n) is 10.7. The molecule has 37 heavy (non-hydrogen) atoms. The highest BCUT2D eigenvalue weighted by atomic mass is 79.9. The number of hydrogen-bond acceptors (Lipinski definition) is 6. The van der Waals surface area contributed by atoms with E-state index in [2.05, 4.69) is 63.2 Å². The van der Waals surface area contributed by atoms with Crippen molar-refractivity contribution in [2.45, 2.75) is 6.92 Å². The third kappa shape index (κ3) is 6.08. The molecule has 0 radical (unpaired) electrons. The molecule has 1 aromatic heterocycles. The van der Waals surface area contributed by atoms with Crippen molar-refractivity contribution in [3.8, 4) is 11.5 Å².